The van der Waals surface area contributed by atoms with Crippen molar-refractivity contribution in [3.63, 3.8) is 0 Å². The van der Waals surface area contributed by atoms with E-state index >= 15 is 0 Å². The fraction of sp³-hybridized carbons (Fsp3) is 0.462. The number of phenolic OH excluding ortho intramolecular Hbond substituents is 1. The zero-order chi connectivity index (χ0) is 13.8. The van der Waals surface area contributed by atoms with Gasteiger partial charge in [-0.25, -0.2) is 0 Å². The minimum absolute atomic E-state index is 0.0904. The van der Waals surface area contributed by atoms with Gasteiger partial charge in [-0.3, -0.25) is 4.79 Å². The summed E-state index contributed by atoms with van der Waals surface area (Å²) < 4.78 is 4.89. The number of methoxy groups -OCH3 is 1. The molecule has 0 spiro atoms. The van der Waals surface area contributed by atoms with Gasteiger partial charge in [-0.05, 0) is 31.5 Å². The fourth-order valence-electron chi connectivity index (χ4n) is 1.33. The van der Waals surface area contributed by atoms with Gasteiger partial charge >= 0.3 is 0 Å². The second kappa shape index (κ2) is 5.73. The average Bonchev–Trinajstić information content (AvgIpc) is 2.36. The van der Waals surface area contributed by atoms with Crippen LogP contribution >= 0.6 is 0 Å². The number of aliphatic hydroxyl groups is 1. The molecule has 0 aromatic heterocycles. The minimum atomic E-state index is -0.926. The van der Waals surface area contributed by atoms with Gasteiger partial charge in [0.1, 0.15) is 0 Å². The third-order valence-corrected chi connectivity index (χ3v) is 2.83. The van der Waals surface area contributed by atoms with Gasteiger partial charge in [0.05, 0.1) is 12.7 Å². The maximum Gasteiger partial charge on any atom is 0.251 e. The van der Waals surface area contributed by atoms with Crippen molar-refractivity contribution in [1.29, 1.82) is 0 Å². The van der Waals surface area contributed by atoms with E-state index in [0.717, 1.165) is 0 Å². The van der Waals surface area contributed by atoms with E-state index in [1.807, 2.05) is 6.92 Å². The highest BCUT2D eigenvalue weighted by atomic mass is 16.5. The smallest absolute Gasteiger partial charge is 0.251 e. The summed E-state index contributed by atoms with van der Waals surface area (Å²) in [5, 5.41) is 21.9. The molecule has 1 aromatic rings. The fourth-order valence-corrected chi connectivity index (χ4v) is 1.33. The van der Waals surface area contributed by atoms with Crippen molar-refractivity contribution in [2.75, 3.05) is 13.7 Å². The van der Waals surface area contributed by atoms with Gasteiger partial charge in [-0.1, -0.05) is 6.92 Å². The van der Waals surface area contributed by atoms with E-state index in [0.29, 0.717) is 17.7 Å². The highest BCUT2D eigenvalue weighted by Crippen LogP contribution is 2.26. The molecular formula is C13H19NO4. The lowest BCUT2D eigenvalue weighted by atomic mass is 10.0. The van der Waals surface area contributed by atoms with Crippen molar-refractivity contribution in [2.24, 2.45) is 0 Å². The lowest BCUT2D eigenvalue weighted by molar-refractivity contribution is 0.0518. The highest BCUT2D eigenvalue weighted by Gasteiger charge is 2.19. The Hall–Kier alpha value is -1.75. The monoisotopic (exact) mass is 253 g/mol. The molecule has 0 fully saturated rings. The summed E-state index contributed by atoms with van der Waals surface area (Å²) in [7, 11) is 1.44. The largest absolute Gasteiger partial charge is 0.504 e. The van der Waals surface area contributed by atoms with Crippen LogP contribution in [0.5, 0.6) is 11.5 Å². The van der Waals surface area contributed by atoms with Crippen LogP contribution in [0.25, 0.3) is 0 Å². The molecular weight excluding hydrogens is 234 g/mol. The molecule has 3 N–H and O–H groups in total. The third kappa shape index (κ3) is 3.63. The van der Waals surface area contributed by atoms with Crippen LogP contribution in [-0.4, -0.2) is 35.4 Å². The second-order valence-electron chi connectivity index (χ2n) is 4.42. The van der Waals surface area contributed by atoms with Crippen molar-refractivity contribution in [3.05, 3.63) is 23.8 Å². The Kier molecular flexibility index (Phi) is 4.55. The molecule has 18 heavy (non-hydrogen) atoms. The van der Waals surface area contributed by atoms with Crippen molar-refractivity contribution in [3.8, 4) is 11.5 Å². The van der Waals surface area contributed by atoms with Crippen LogP contribution in [0, 0.1) is 0 Å². The predicted molar refractivity (Wildman–Crippen MR) is 67.9 cm³/mol. The Bertz CT molecular complexity index is 429. The molecule has 1 unspecified atom stereocenters. The quantitative estimate of drug-likeness (QED) is 0.739. The molecule has 1 rings (SSSR count). The van der Waals surface area contributed by atoms with Crippen LogP contribution in [0.3, 0.4) is 0 Å². The molecule has 0 aliphatic carbocycles. The molecule has 0 aliphatic rings. The number of hydrogen-bond donors (Lipinski definition) is 3. The number of aromatic hydroxyl groups is 1. The van der Waals surface area contributed by atoms with Crippen LogP contribution in [0.4, 0.5) is 0 Å². The summed E-state index contributed by atoms with van der Waals surface area (Å²) >= 11 is 0. The number of ether oxygens (including phenoxy) is 1. The number of phenols is 1. The van der Waals surface area contributed by atoms with E-state index in [1.54, 1.807) is 13.0 Å². The number of rotatable bonds is 5. The summed E-state index contributed by atoms with van der Waals surface area (Å²) in [6.45, 7) is 3.65. The number of amides is 1. The number of hydrogen-bond acceptors (Lipinski definition) is 4. The van der Waals surface area contributed by atoms with E-state index < -0.39 is 5.60 Å². The van der Waals surface area contributed by atoms with Gasteiger partial charge in [-0.15, -0.1) is 0 Å². The van der Waals surface area contributed by atoms with Gasteiger partial charge in [0.15, 0.2) is 11.5 Å². The van der Waals surface area contributed by atoms with Gasteiger partial charge in [0, 0.05) is 12.1 Å². The second-order valence-corrected chi connectivity index (χ2v) is 4.42. The summed E-state index contributed by atoms with van der Waals surface area (Å²) in [4.78, 5) is 11.8. The van der Waals surface area contributed by atoms with Crippen molar-refractivity contribution in [2.45, 2.75) is 25.9 Å². The topological polar surface area (TPSA) is 78.8 Å². The standard InChI is InChI=1S/C13H19NO4/c1-4-13(2,17)8-14-12(16)9-5-6-11(18-3)10(15)7-9/h5-7,15,17H,4,8H2,1-3H3,(H,14,16). The number of benzene rings is 1. The van der Waals surface area contributed by atoms with Crippen LogP contribution < -0.4 is 10.1 Å². The first-order valence-corrected chi connectivity index (χ1v) is 5.77. The van der Waals surface area contributed by atoms with Crippen LogP contribution in [-0.2, 0) is 0 Å². The van der Waals surface area contributed by atoms with Gasteiger partial charge in [0.2, 0.25) is 0 Å². The zero-order valence-corrected chi connectivity index (χ0v) is 10.9. The molecule has 1 atom stereocenters. The maximum atomic E-state index is 11.8. The zero-order valence-electron chi connectivity index (χ0n) is 10.9. The summed E-state index contributed by atoms with van der Waals surface area (Å²) in [5.74, 6) is -0.124. The Labute approximate surface area is 106 Å². The molecule has 5 heteroatoms. The van der Waals surface area contributed by atoms with Crippen molar-refractivity contribution >= 4 is 5.91 Å². The van der Waals surface area contributed by atoms with Crippen molar-refractivity contribution < 1.29 is 19.7 Å². The van der Waals surface area contributed by atoms with E-state index in [4.69, 9.17) is 4.74 Å². The molecule has 100 valence electrons. The normalized spacial score (nSPS) is 13.8. The minimum Gasteiger partial charge on any atom is -0.504 e. The van der Waals surface area contributed by atoms with Gasteiger partial charge in [-0.2, -0.15) is 0 Å². The lowest BCUT2D eigenvalue weighted by Crippen LogP contribution is -2.40. The number of nitrogens with one attached hydrogen (secondary N) is 1. The van der Waals surface area contributed by atoms with E-state index in [9.17, 15) is 15.0 Å². The number of carbonyl (C=O) groups excluding carboxylic acids is 1. The first-order valence-electron chi connectivity index (χ1n) is 5.77. The van der Waals surface area contributed by atoms with E-state index in [-0.39, 0.29) is 18.2 Å². The SMILES string of the molecule is CCC(C)(O)CNC(=O)c1ccc(OC)c(O)c1. The highest BCUT2D eigenvalue weighted by molar-refractivity contribution is 5.94. The lowest BCUT2D eigenvalue weighted by Gasteiger charge is -2.21. The third-order valence-electron chi connectivity index (χ3n) is 2.83. The molecule has 5 nitrogen and oxygen atoms in total. The Balaban J connectivity index is 2.71. The van der Waals surface area contributed by atoms with Crippen LogP contribution in [0.1, 0.15) is 30.6 Å². The summed E-state index contributed by atoms with van der Waals surface area (Å²) in [6.07, 6.45) is 0.543. The summed E-state index contributed by atoms with van der Waals surface area (Å²) in [6, 6.07) is 4.39. The molecule has 0 saturated carbocycles. The molecule has 1 aromatic carbocycles. The molecule has 0 bridgehead atoms. The van der Waals surface area contributed by atoms with E-state index in [2.05, 4.69) is 5.32 Å². The number of carbonyl (C=O) groups is 1. The molecule has 0 heterocycles. The van der Waals surface area contributed by atoms with E-state index in [1.165, 1.54) is 19.2 Å². The first kappa shape index (κ1) is 14.3. The Morgan fingerprint density at radius 1 is 1.50 bits per heavy atom. The van der Waals surface area contributed by atoms with Gasteiger partial charge in [0.25, 0.3) is 5.91 Å². The Morgan fingerprint density at radius 3 is 2.67 bits per heavy atom. The predicted octanol–water partition coefficient (Wildman–Crippen LogP) is 1.29. The molecule has 0 aliphatic heterocycles. The molecule has 0 saturated heterocycles. The Morgan fingerprint density at radius 2 is 2.17 bits per heavy atom. The molecule has 1 amide bonds. The summed E-state index contributed by atoms with van der Waals surface area (Å²) in [5.41, 5.74) is -0.607. The molecule has 0 radical (unpaired) electrons. The van der Waals surface area contributed by atoms with Crippen molar-refractivity contribution in [1.82, 2.24) is 5.32 Å². The first-order chi connectivity index (χ1) is 8.39. The maximum absolute atomic E-state index is 11.8. The average molecular weight is 253 g/mol. The van der Waals surface area contributed by atoms with Gasteiger partial charge < -0.3 is 20.3 Å². The van der Waals surface area contributed by atoms with Crippen LogP contribution in [0.15, 0.2) is 18.2 Å². The van der Waals surface area contributed by atoms with Crippen LogP contribution in [0.2, 0.25) is 0 Å².